The fourth-order valence-electron chi connectivity index (χ4n) is 4.20. The molecule has 2 aliphatic rings. The fourth-order valence-corrected chi connectivity index (χ4v) is 4.20. The number of hydrogen-bond donors (Lipinski definition) is 1. The van der Waals surface area contributed by atoms with Crippen molar-refractivity contribution in [3.8, 4) is 5.69 Å². The van der Waals surface area contributed by atoms with Gasteiger partial charge in [-0.2, -0.15) is 5.10 Å². The van der Waals surface area contributed by atoms with Crippen LogP contribution in [0, 0.1) is 0 Å². The maximum absolute atomic E-state index is 11.5. The number of ether oxygens (including phenoxy) is 1. The minimum Gasteiger partial charge on any atom is -0.441 e. The van der Waals surface area contributed by atoms with E-state index in [-0.39, 0.29) is 11.7 Å². The van der Waals surface area contributed by atoms with Crippen LogP contribution in [0.5, 0.6) is 0 Å². The van der Waals surface area contributed by atoms with Crippen LogP contribution in [0.1, 0.15) is 50.2 Å². The highest BCUT2D eigenvalue weighted by atomic mass is 16.6. The first-order chi connectivity index (χ1) is 13.7. The zero-order valence-electron chi connectivity index (χ0n) is 16.7. The molecule has 2 fully saturated rings. The average Bonchev–Trinajstić information content (AvgIpc) is 3.26. The molecule has 0 bridgehead atoms. The van der Waals surface area contributed by atoms with Gasteiger partial charge in [0.1, 0.15) is 5.60 Å². The Bertz CT molecular complexity index is 801. The average molecular weight is 383 g/mol. The van der Waals surface area contributed by atoms with E-state index in [0.717, 1.165) is 51.0 Å². The molecule has 4 rings (SSSR count). The summed E-state index contributed by atoms with van der Waals surface area (Å²) >= 11 is 0. The van der Waals surface area contributed by atoms with Gasteiger partial charge in [-0.1, -0.05) is 25.5 Å². The van der Waals surface area contributed by atoms with Gasteiger partial charge in [-0.05, 0) is 49.9 Å². The molecule has 2 aliphatic heterocycles. The van der Waals surface area contributed by atoms with Crippen molar-refractivity contribution in [2.75, 3.05) is 19.6 Å². The number of unbranched alkanes of at least 4 members (excludes halogenated alkanes) is 1. The molecule has 1 aromatic carbocycles. The van der Waals surface area contributed by atoms with Crippen molar-refractivity contribution in [2.45, 2.75) is 57.6 Å². The molecule has 1 unspecified atom stereocenters. The first kappa shape index (κ1) is 19.0. The summed E-state index contributed by atoms with van der Waals surface area (Å²) in [6.45, 7) is 5.71. The number of amides is 1. The Hall–Kier alpha value is -2.34. The number of nitrogens with one attached hydrogen (secondary N) is 1. The highest BCUT2D eigenvalue weighted by Crippen LogP contribution is 2.29. The first-order valence-corrected chi connectivity index (χ1v) is 10.5. The van der Waals surface area contributed by atoms with E-state index in [1.165, 1.54) is 24.0 Å². The van der Waals surface area contributed by atoms with E-state index in [2.05, 4.69) is 52.7 Å². The topological polar surface area (TPSA) is 59.4 Å². The molecule has 1 amide bonds. The first-order valence-electron chi connectivity index (χ1n) is 10.5. The van der Waals surface area contributed by atoms with Crippen LogP contribution in [-0.2, 0) is 17.7 Å². The lowest BCUT2D eigenvalue weighted by Crippen LogP contribution is -2.34. The lowest BCUT2D eigenvalue weighted by atomic mass is 9.95. The Balaban J connectivity index is 1.35. The molecule has 0 radical (unpaired) electrons. The van der Waals surface area contributed by atoms with Gasteiger partial charge in [0.15, 0.2) is 0 Å². The molecule has 1 atom stereocenters. The van der Waals surface area contributed by atoms with Crippen LogP contribution in [-0.4, -0.2) is 46.0 Å². The molecule has 0 aliphatic carbocycles. The van der Waals surface area contributed by atoms with E-state index in [4.69, 9.17) is 4.74 Å². The van der Waals surface area contributed by atoms with E-state index in [1.807, 2.05) is 10.9 Å². The van der Waals surface area contributed by atoms with Crippen molar-refractivity contribution in [3.05, 3.63) is 47.8 Å². The molecule has 2 saturated heterocycles. The third-order valence-electron chi connectivity index (χ3n) is 5.92. The summed E-state index contributed by atoms with van der Waals surface area (Å²) in [7, 11) is 0. The number of rotatable bonds is 6. The van der Waals surface area contributed by atoms with Gasteiger partial charge >= 0.3 is 6.09 Å². The van der Waals surface area contributed by atoms with Crippen molar-refractivity contribution in [3.63, 3.8) is 0 Å². The van der Waals surface area contributed by atoms with Crippen LogP contribution in [0.15, 0.2) is 36.7 Å². The van der Waals surface area contributed by atoms with Crippen LogP contribution in [0.4, 0.5) is 4.79 Å². The molecule has 6 nitrogen and oxygen atoms in total. The number of hydrogen-bond acceptors (Lipinski definition) is 4. The van der Waals surface area contributed by atoms with Gasteiger partial charge in [0.2, 0.25) is 0 Å². The standard InChI is InChI=1S/C22H30N4O2/c1-2-3-5-18-6-8-20(9-7-18)26-16-19(14-24-26)15-25-12-4-10-22(11-13-25)17-23-21(27)28-22/h6-9,14,16H,2-5,10-13,15,17H2,1H3,(H,23,27). The van der Waals surface area contributed by atoms with Gasteiger partial charge in [0.25, 0.3) is 0 Å². The zero-order chi connectivity index (χ0) is 19.4. The lowest BCUT2D eigenvalue weighted by Gasteiger charge is -2.24. The molecule has 28 heavy (non-hydrogen) atoms. The van der Waals surface area contributed by atoms with Gasteiger partial charge in [-0.3, -0.25) is 4.90 Å². The summed E-state index contributed by atoms with van der Waals surface area (Å²) < 4.78 is 7.53. The molecular formula is C22H30N4O2. The molecule has 150 valence electrons. The third kappa shape index (κ3) is 4.38. The second-order valence-corrected chi connectivity index (χ2v) is 8.12. The molecule has 2 aromatic rings. The second-order valence-electron chi connectivity index (χ2n) is 8.12. The Morgan fingerprint density at radius 1 is 1.18 bits per heavy atom. The van der Waals surface area contributed by atoms with Crippen molar-refractivity contribution in [2.24, 2.45) is 0 Å². The number of carbonyl (C=O) groups excluding carboxylic acids is 1. The smallest absolute Gasteiger partial charge is 0.407 e. The normalized spacial score (nSPS) is 22.8. The number of likely N-dealkylation sites (tertiary alicyclic amines) is 1. The van der Waals surface area contributed by atoms with Gasteiger partial charge in [-0.25, -0.2) is 9.48 Å². The molecule has 6 heteroatoms. The van der Waals surface area contributed by atoms with E-state index in [1.54, 1.807) is 0 Å². The number of carbonyl (C=O) groups is 1. The Morgan fingerprint density at radius 3 is 2.79 bits per heavy atom. The van der Waals surface area contributed by atoms with E-state index >= 15 is 0 Å². The summed E-state index contributed by atoms with van der Waals surface area (Å²) in [6, 6.07) is 8.72. The predicted molar refractivity (Wildman–Crippen MR) is 109 cm³/mol. The van der Waals surface area contributed by atoms with Gasteiger partial charge in [0.05, 0.1) is 18.4 Å². The van der Waals surface area contributed by atoms with E-state index < -0.39 is 0 Å². The minimum absolute atomic E-state index is 0.268. The maximum atomic E-state index is 11.5. The summed E-state index contributed by atoms with van der Waals surface area (Å²) in [6.07, 6.45) is 10.3. The van der Waals surface area contributed by atoms with Crippen molar-refractivity contribution < 1.29 is 9.53 Å². The van der Waals surface area contributed by atoms with Crippen molar-refractivity contribution in [1.29, 1.82) is 0 Å². The Morgan fingerprint density at radius 2 is 2.04 bits per heavy atom. The second kappa shape index (κ2) is 8.35. The maximum Gasteiger partial charge on any atom is 0.407 e. The van der Waals surface area contributed by atoms with Crippen LogP contribution >= 0.6 is 0 Å². The fraction of sp³-hybridized carbons (Fsp3) is 0.545. The van der Waals surface area contributed by atoms with Crippen LogP contribution < -0.4 is 5.32 Å². The van der Waals surface area contributed by atoms with E-state index in [9.17, 15) is 4.79 Å². The number of benzene rings is 1. The monoisotopic (exact) mass is 382 g/mol. The lowest BCUT2D eigenvalue weighted by molar-refractivity contribution is 0.0443. The Labute approximate surface area is 166 Å². The number of nitrogens with zero attached hydrogens (tertiary/aromatic N) is 3. The van der Waals surface area contributed by atoms with Gasteiger partial charge in [0, 0.05) is 31.3 Å². The largest absolute Gasteiger partial charge is 0.441 e. The molecule has 1 aromatic heterocycles. The van der Waals surface area contributed by atoms with Gasteiger partial charge < -0.3 is 10.1 Å². The molecule has 1 spiro atoms. The molecule has 0 saturated carbocycles. The quantitative estimate of drug-likeness (QED) is 0.828. The van der Waals surface area contributed by atoms with Gasteiger partial charge in [-0.15, -0.1) is 0 Å². The zero-order valence-corrected chi connectivity index (χ0v) is 16.7. The summed E-state index contributed by atoms with van der Waals surface area (Å²) in [5.41, 5.74) is 3.41. The van der Waals surface area contributed by atoms with Crippen LogP contribution in [0.25, 0.3) is 5.69 Å². The highest BCUT2D eigenvalue weighted by molar-refractivity contribution is 5.70. The minimum atomic E-state index is -0.296. The number of aromatic nitrogens is 2. The van der Waals surface area contributed by atoms with Crippen LogP contribution in [0.3, 0.4) is 0 Å². The predicted octanol–water partition coefficient (Wildman–Crippen LogP) is 3.68. The Kier molecular flexibility index (Phi) is 5.67. The molecule has 3 heterocycles. The third-order valence-corrected chi connectivity index (χ3v) is 5.92. The van der Waals surface area contributed by atoms with Crippen LogP contribution in [0.2, 0.25) is 0 Å². The summed E-state index contributed by atoms with van der Waals surface area (Å²) in [5, 5.41) is 7.37. The summed E-state index contributed by atoms with van der Waals surface area (Å²) in [5.74, 6) is 0. The molecule has 1 N–H and O–H groups in total. The summed E-state index contributed by atoms with van der Waals surface area (Å²) in [4.78, 5) is 13.9. The highest BCUT2D eigenvalue weighted by Gasteiger charge is 2.41. The van der Waals surface area contributed by atoms with Crippen molar-refractivity contribution >= 4 is 6.09 Å². The number of alkyl carbamates (subject to hydrolysis) is 1. The molecular weight excluding hydrogens is 352 g/mol. The number of aryl methyl sites for hydroxylation is 1. The van der Waals surface area contributed by atoms with Crippen molar-refractivity contribution in [1.82, 2.24) is 20.0 Å². The SMILES string of the molecule is CCCCc1ccc(-n2cc(CN3CCCC4(CC3)CNC(=O)O4)cn2)cc1. The van der Waals surface area contributed by atoms with E-state index in [0.29, 0.717) is 6.54 Å².